The molecule has 4 amide bonds. The van der Waals surface area contributed by atoms with Gasteiger partial charge in [0.1, 0.15) is 47.7 Å². The van der Waals surface area contributed by atoms with Gasteiger partial charge >= 0.3 is 0 Å². The molecule has 0 unspecified atom stereocenters. The number of hydrogen-bond acceptors (Lipinski definition) is 8. The van der Waals surface area contributed by atoms with Crippen LogP contribution in [-0.4, -0.2) is 23.6 Å². The molecule has 432 valence electrons. The van der Waals surface area contributed by atoms with Gasteiger partial charge in [-0.2, -0.15) is 0 Å². The molecule has 0 spiro atoms. The van der Waals surface area contributed by atoms with Crippen molar-refractivity contribution in [3.63, 3.8) is 0 Å². The quantitative estimate of drug-likeness (QED) is 0.0782. The summed E-state index contributed by atoms with van der Waals surface area (Å²) in [6.45, 7) is 10.1. The van der Waals surface area contributed by atoms with Gasteiger partial charge in [-0.3, -0.25) is 19.2 Å². The number of nitrogens with zero attached hydrogens (tertiary/aromatic N) is 2. The predicted octanol–water partition coefficient (Wildman–Crippen LogP) is 16.9. The SMILES string of the molecule is Cc1cc(Oc2ccccc2)cc(C2=CCC=C2)c1N1C(=O)c2ccc(C#Cc3c(C)c(C)c(C#Cc4ccc5c(c4OCc4ccccc4)C(=O)N(c4ccc(Oc6ccccc6)cc4C4C=CC=C4)C5=O)c(C)c3C)c(OCc3ccccc3)c2C1=O. The first kappa shape index (κ1) is 56.7. The molecule has 0 aromatic heterocycles. The topological polar surface area (TPSA) is 112 Å². The van der Waals surface area contributed by atoms with Gasteiger partial charge in [0.05, 0.1) is 44.8 Å². The maximum absolute atomic E-state index is 15.2. The van der Waals surface area contributed by atoms with Crippen molar-refractivity contribution in [3.8, 4) is 58.2 Å². The number of aryl methyl sites for hydroxylation is 1. The molecule has 10 nitrogen and oxygen atoms in total. The van der Waals surface area contributed by atoms with Crippen LogP contribution in [-0.2, 0) is 13.2 Å². The van der Waals surface area contributed by atoms with Crippen LogP contribution in [0, 0.1) is 58.3 Å². The Morgan fingerprint density at radius 1 is 0.461 bits per heavy atom. The van der Waals surface area contributed by atoms with Crippen molar-refractivity contribution in [3.05, 3.63) is 313 Å². The Kier molecular flexibility index (Phi) is 15.4. The van der Waals surface area contributed by atoms with E-state index in [1.54, 1.807) is 36.4 Å². The van der Waals surface area contributed by atoms with E-state index in [-0.39, 0.29) is 52.9 Å². The Hall–Kier alpha value is -11.5. The van der Waals surface area contributed by atoms with Crippen molar-refractivity contribution < 1.29 is 38.1 Å². The van der Waals surface area contributed by atoms with E-state index in [4.69, 9.17) is 18.9 Å². The third-order valence-corrected chi connectivity index (χ3v) is 16.6. The number of carbonyl (C=O) groups is 4. The lowest BCUT2D eigenvalue weighted by Crippen LogP contribution is -2.31. The molecule has 0 saturated carbocycles. The summed E-state index contributed by atoms with van der Waals surface area (Å²) in [7, 11) is 0. The summed E-state index contributed by atoms with van der Waals surface area (Å²) in [4.78, 5) is 62.2. The monoisotopic (exact) mass is 1160 g/mol. The maximum atomic E-state index is 15.2. The van der Waals surface area contributed by atoms with E-state index in [0.29, 0.717) is 63.0 Å². The maximum Gasteiger partial charge on any atom is 0.269 e. The number of rotatable bonds is 14. The smallest absolute Gasteiger partial charge is 0.269 e. The molecule has 10 heteroatoms. The number of amides is 4. The molecule has 2 aliphatic heterocycles. The molecule has 13 rings (SSSR count). The second-order valence-corrected chi connectivity index (χ2v) is 22.2. The molecule has 89 heavy (non-hydrogen) atoms. The fourth-order valence-corrected chi connectivity index (χ4v) is 11.9. The van der Waals surface area contributed by atoms with Gasteiger partial charge in [0.25, 0.3) is 23.6 Å². The summed E-state index contributed by atoms with van der Waals surface area (Å²) in [5, 5.41) is 0. The van der Waals surface area contributed by atoms with E-state index >= 15 is 9.59 Å². The highest BCUT2D eigenvalue weighted by molar-refractivity contribution is 6.37. The zero-order chi connectivity index (χ0) is 61.3. The number of ether oxygens (including phenoxy) is 4. The largest absolute Gasteiger partial charge is 0.487 e. The lowest BCUT2D eigenvalue weighted by Gasteiger charge is -2.22. The van der Waals surface area contributed by atoms with Crippen LogP contribution in [0.15, 0.2) is 218 Å². The number of imide groups is 2. The molecule has 2 aliphatic carbocycles. The van der Waals surface area contributed by atoms with Gasteiger partial charge in [0.15, 0.2) is 0 Å². The summed E-state index contributed by atoms with van der Waals surface area (Å²) >= 11 is 0. The fraction of sp³-hybridized carbons (Fsp3) is 0.114. The average Bonchev–Trinajstić information content (AvgIpc) is 1.87. The third kappa shape index (κ3) is 10.9. The number of carbonyl (C=O) groups excluding carboxylic acids is 4. The first-order chi connectivity index (χ1) is 43.4. The number of para-hydroxylation sites is 2. The van der Waals surface area contributed by atoms with Gasteiger partial charge in [-0.15, -0.1) is 0 Å². The van der Waals surface area contributed by atoms with Gasteiger partial charge in [0.2, 0.25) is 0 Å². The van der Waals surface area contributed by atoms with Crippen LogP contribution in [0.5, 0.6) is 34.5 Å². The highest BCUT2D eigenvalue weighted by Gasteiger charge is 2.44. The molecule has 2 heterocycles. The Morgan fingerprint density at radius 2 is 0.944 bits per heavy atom. The second kappa shape index (κ2) is 24.1. The number of benzene rings is 9. The van der Waals surface area contributed by atoms with Gasteiger partial charge in [-0.1, -0.05) is 163 Å². The predicted molar refractivity (Wildman–Crippen MR) is 347 cm³/mol. The Bertz CT molecular complexity index is 4630. The van der Waals surface area contributed by atoms with Crippen LogP contribution in [0.3, 0.4) is 0 Å². The van der Waals surface area contributed by atoms with Crippen LogP contribution in [0.4, 0.5) is 11.4 Å². The molecular formula is C79H58N2O8. The van der Waals surface area contributed by atoms with Crippen molar-refractivity contribution in [1.82, 2.24) is 0 Å². The van der Waals surface area contributed by atoms with Gasteiger partial charge in [-0.05, 0) is 170 Å². The average molecular weight is 1160 g/mol. The summed E-state index contributed by atoms with van der Waals surface area (Å²) in [5.74, 6) is 14.4. The lowest BCUT2D eigenvalue weighted by atomic mass is 9.89. The summed E-state index contributed by atoms with van der Waals surface area (Å²) in [6.07, 6.45) is 14.7. The van der Waals surface area contributed by atoms with Gasteiger partial charge in [-0.25, -0.2) is 9.80 Å². The molecular weight excluding hydrogens is 1100 g/mol. The molecule has 9 aromatic rings. The first-order valence-electron chi connectivity index (χ1n) is 29.5. The van der Waals surface area contributed by atoms with Crippen LogP contribution in [0.2, 0.25) is 0 Å². The van der Waals surface area contributed by atoms with E-state index in [1.807, 2.05) is 211 Å². The van der Waals surface area contributed by atoms with Crippen molar-refractivity contribution in [1.29, 1.82) is 0 Å². The second-order valence-electron chi connectivity index (χ2n) is 22.2. The van der Waals surface area contributed by atoms with Crippen LogP contribution in [0.1, 0.15) is 126 Å². The molecule has 9 aromatic carbocycles. The van der Waals surface area contributed by atoms with Crippen molar-refractivity contribution in [2.24, 2.45) is 0 Å². The standard InChI is InChI=1S/C79H58N2O8/c1-49-44-63(89-61-32-16-9-17-33-61)46-69(57-28-20-21-29-57)73(49)81-77(83)67-42-37-59(75(72(67)79(81)85)87-48-55-24-12-7-13-25-55)35-40-65-52(4)50(2)64(51(3)53(65)5)39-34-58-36-41-66-71(74(58)86-47-54-22-10-6-11-23-54)78(84)80(76(66)82)70-43-38-62(88-60-30-14-8-15-31-60)45-68(70)56-26-18-19-27-56/h6-20,22-33,36-38,41-46,56H,21,47-48H2,1-5H3. The van der Waals surface area contributed by atoms with E-state index in [2.05, 4.69) is 29.8 Å². The minimum Gasteiger partial charge on any atom is -0.487 e. The summed E-state index contributed by atoms with van der Waals surface area (Å²) < 4.78 is 25.8. The number of fused-ring (bicyclic) bond motifs is 2. The highest BCUT2D eigenvalue weighted by Crippen LogP contribution is 2.46. The molecule has 0 saturated heterocycles. The Balaban J connectivity index is 0.852. The molecule has 0 radical (unpaired) electrons. The molecule has 0 fully saturated rings. The van der Waals surface area contributed by atoms with Crippen molar-refractivity contribution >= 4 is 40.6 Å². The highest BCUT2D eigenvalue weighted by atomic mass is 16.5. The molecule has 0 N–H and O–H groups in total. The van der Waals surface area contributed by atoms with Crippen LogP contribution < -0.4 is 28.7 Å². The number of hydrogen-bond donors (Lipinski definition) is 0. The summed E-state index contributed by atoms with van der Waals surface area (Å²) in [5.41, 5.74) is 12.3. The Morgan fingerprint density at radius 3 is 1.45 bits per heavy atom. The number of allylic oxidation sites excluding steroid dienone is 8. The van der Waals surface area contributed by atoms with E-state index in [0.717, 1.165) is 55.6 Å². The molecule has 0 atom stereocenters. The van der Waals surface area contributed by atoms with Crippen LogP contribution in [0.25, 0.3) is 5.57 Å². The number of anilines is 2. The van der Waals surface area contributed by atoms with Gasteiger partial charge < -0.3 is 18.9 Å². The van der Waals surface area contributed by atoms with E-state index in [1.165, 1.54) is 9.80 Å². The molecule has 4 aliphatic rings. The van der Waals surface area contributed by atoms with Crippen molar-refractivity contribution in [2.45, 2.75) is 60.2 Å². The summed E-state index contributed by atoms with van der Waals surface area (Å²) in [6, 6.07) is 54.2. The van der Waals surface area contributed by atoms with Crippen LogP contribution >= 0.6 is 0 Å². The first-order valence-corrected chi connectivity index (χ1v) is 29.5. The molecule has 0 bridgehead atoms. The zero-order valence-electron chi connectivity index (χ0n) is 49.6. The Labute approximate surface area is 517 Å². The minimum absolute atomic E-state index is 0.118. The van der Waals surface area contributed by atoms with Crippen molar-refractivity contribution in [2.75, 3.05) is 9.80 Å². The lowest BCUT2D eigenvalue weighted by molar-refractivity contribution is 0.0908. The normalized spacial score (nSPS) is 13.7. The van der Waals surface area contributed by atoms with Gasteiger partial charge in [0, 0.05) is 22.6 Å². The fourth-order valence-electron chi connectivity index (χ4n) is 11.9. The zero-order valence-corrected chi connectivity index (χ0v) is 49.6. The minimum atomic E-state index is -0.521. The third-order valence-electron chi connectivity index (χ3n) is 16.6. The van der Waals surface area contributed by atoms with E-state index in [9.17, 15) is 9.59 Å². The van der Waals surface area contributed by atoms with E-state index < -0.39 is 23.6 Å².